The van der Waals surface area contributed by atoms with Gasteiger partial charge in [-0.25, -0.2) is 4.79 Å². The SMILES string of the molecule is Cc1ccc(CSCCNC(=O)c2ccc(NC(=O)NC(C)C)cc2)cc1. The first kappa shape index (κ1) is 20.8. The average molecular weight is 386 g/mol. The van der Waals surface area contributed by atoms with Crippen LogP contribution in [0.25, 0.3) is 0 Å². The van der Waals surface area contributed by atoms with Gasteiger partial charge < -0.3 is 16.0 Å². The van der Waals surface area contributed by atoms with E-state index in [-0.39, 0.29) is 18.0 Å². The molecule has 0 bridgehead atoms. The molecule has 0 saturated heterocycles. The molecule has 0 atom stereocenters. The Hall–Kier alpha value is -2.47. The second-order valence-electron chi connectivity index (χ2n) is 6.62. The van der Waals surface area contributed by atoms with Crippen molar-refractivity contribution in [3.05, 3.63) is 65.2 Å². The highest BCUT2D eigenvalue weighted by Gasteiger charge is 2.07. The Bertz CT molecular complexity index is 743. The number of aryl methyl sites for hydroxylation is 1. The number of carbonyl (C=O) groups is 2. The van der Waals surface area contributed by atoms with Crippen LogP contribution in [0, 0.1) is 6.92 Å². The molecule has 27 heavy (non-hydrogen) atoms. The lowest BCUT2D eigenvalue weighted by Gasteiger charge is -2.10. The predicted octanol–water partition coefficient (Wildman–Crippen LogP) is 4.19. The van der Waals surface area contributed by atoms with E-state index < -0.39 is 0 Å². The van der Waals surface area contributed by atoms with E-state index in [1.807, 2.05) is 13.8 Å². The van der Waals surface area contributed by atoms with Crippen molar-refractivity contribution in [1.82, 2.24) is 10.6 Å². The highest BCUT2D eigenvalue weighted by Crippen LogP contribution is 2.13. The van der Waals surface area contributed by atoms with E-state index >= 15 is 0 Å². The number of thioether (sulfide) groups is 1. The van der Waals surface area contributed by atoms with Gasteiger partial charge in [0.2, 0.25) is 0 Å². The van der Waals surface area contributed by atoms with Crippen molar-refractivity contribution in [2.75, 3.05) is 17.6 Å². The minimum atomic E-state index is -0.257. The molecular weight excluding hydrogens is 358 g/mol. The van der Waals surface area contributed by atoms with E-state index in [0.717, 1.165) is 11.5 Å². The number of hydrogen-bond donors (Lipinski definition) is 3. The summed E-state index contributed by atoms with van der Waals surface area (Å²) in [6.45, 7) is 6.49. The van der Waals surface area contributed by atoms with Crippen LogP contribution in [0.15, 0.2) is 48.5 Å². The third-order valence-electron chi connectivity index (χ3n) is 3.75. The largest absolute Gasteiger partial charge is 0.351 e. The standard InChI is InChI=1S/C21H27N3O2S/c1-15(2)23-21(26)24-19-10-8-18(9-11-19)20(25)22-12-13-27-14-17-6-4-16(3)5-7-17/h4-11,15H,12-14H2,1-3H3,(H,22,25)(H2,23,24,26). The van der Waals surface area contributed by atoms with Crippen molar-refractivity contribution in [1.29, 1.82) is 0 Å². The van der Waals surface area contributed by atoms with Crippen LogP contribution < -0.4 is 16.0 Å². The van der Waals surface area contributed by atoms with Crippen molar-refractivity contribution < 1.29 is 9.59 Å². The normalized spacial score (nSPS) is 10.5. The molecule has 5 nitrogen and oxygen atoms in total. The Morgan fingerprint density at radius 2 is 1.67 bits per heavy atom. The number of hydrogen-bond acceptors (Lipinski definition) is 3. The lowest BCUT2D eigenvalue weighted by molar-refractivity contribution is 0.0956. The summed E-state index contributed by atoms with van der Waals surface area (Å²) in [4.78, 5) is 23.8. The second kappa shape index (κ2) is 10.6. The molecule has 0 radical (unpaired) electrons. The number of carbonyl (C=O) groups excluding carboxylic acids is 2. The van der Waals surface area contributed by atoms with Gasteiger partial charge in [0, 0.05) is 35.3 Å². The van der Waals surface area contributed by atoms with E-state index in [1.165, 1.54) is 11.1 Å². The zero-order valence-electron chi connectivity index (χ0n) is 16.0. The number of urea groups is 1. The lowest BCUT2D eigenvalue weighted by Crippen LogP contribution is -2.34. The number of amides is 3. The molecule has 0 aliphatic heterocycles. The Balaban J connectivity index is 1.69. The minimum Gasteiger partial charge on any atom is -0.351 e. The zero-order valence-corrected chi connectivity index (χ0v) is 16.9. The fourth-order valence-corrected chi connectivity index (χ4v) is 3.17. The molecule has 2 rings (SSSR count). The fraction of sp³-hybridized carbons (Fsp3) is 0.333. The van der Waals surface area contributed by atoms with Gasteiger partial charge >= 0.3 is 6.03 Å². The molecule has 0 spiro atoms. The summed E-state index contributed by atoms with van der Waals surface area (Å²) in [6.07, 6.45) is 0. The molecule has 0 aliphatic rings. The monoisotopic (exact) mass is 385 g/mol. The van der Waals surface area contributed by atoms with Crippen molar-refractivity contribution in [3.8, 4) is 0 Å². The van der Waals surface area contributed by atoms with Crippen LogP contribution in [-0.4, -0.2) is 30.3 Å². The highest BCUT2D eigenvalue weighted by molar-refractivity contribution is 7.98. The number of rotatable bonds is 8. The third kappa shape index (κ3) is 7.74. The molecule has 0 unspecified atom stereocenters. The van der Waals surface area contributed by atoms with Gasteiger partial charge in [0.15, 0.2) is 0 Å². The summed E-state index contributed by atoms with van der Waals surface area (Å²) >= 11 is 1.79. The molecule has 0 aromatic heterocycles. The first-order valence-electron chi connectivity index (χ1n) is 9.03. The van der Waals surface area contributed by atoms with Crippen molar-refractivity contribution in [2.24, 2.45) is 0 Å². The van der Waals surface area contributed by atoms with E-state index in [2.05, 4.69) is 47.1 Å². The van der Waals surface area contributed by atoms with Crippen molar-refractivity contribution >= 4 is 29.4 Å². The van der Waals surface area contributed by atoms with Crippen LogP contribution in [0.1, 0.15) is 35.3 Å². The molecule has 144 valence electrons. The molecular formula is C21H27N3O2S. The summed E-state index contributed by atoms with van der Waals surface area (Å²) in [5.74, 6) is 1.69. The van der Waals surface area contributed by atoms with E-state index in [0.29, 0.717) is 17.8 Å². The van der Waals surface area contributed by atoms with Gasteiger partial charge in [0.05, 0.1) is 0 Å². The molecule has 6 heteroatoms. The fourth-order valence-electron chi connectivity index (χ4n) is 2.35. The Morgan fingerprint density at radius 3 is 2.30 bits per heavy atom. The highest BCUT2D eigenvalue weighted by atomic mass is 32.2. The average Bonchev–Trinajstić information content (AvgIpc) is 2.62. The van der Waals surface area contributed by atoms with Crippen LogP contribution in [0.4, 0.5) is 10.5 Å². The van der Waals surface area contributed by atoms with Crippen molar-refractivity contribution in [2.45, 2.75) is 32.6 Å². The maximum Gasteiger partial charge on any atom is 0.319 e. The molecule has 0 aliphatic carbocycles. The molecule has 3 amide bonds. The quantitative estimate of drug-likeness (QED) is 0.597. The second-order valence-corrected chi connectivity index (χ2v) is 7.73. The minimum absolute atomic E-state index is 0.0685. The summed E-state index contributed by atoms with van der Waals surface area (Å²) in [6, 6.07) is 15.2. The van der Waals surface area contributed by atoms with Crippen LogP contribution >= 0.6 is 11.8 Å². The van der Waals surface area contributed by atoms with Crippen LogP contribution in [0.3, 0.4) is 0 Å². The molecule has 2 aromatic carbocycles. The van der Waals surface area contributed by atoms with Crippen LogP contribution in [0.2, 0.25) is 0 Å². The molecule has 2 aromatic rings. The summed E-state index contributed by atoms with van der Waals surface area (Å²) in [7, 11) is 0. The molecule has 0 fully saturated rings. The first-order valence-corrected chi connectivity index (χ1v) is 10.2. The maximum atomic E-state index is 12.2. The summed E-state index contributed by atoms with van der Waals surface area (Å²) < 4.78 is 0. The lowest BCUT2D eigenvalue weighted by atomic mass is 10.2. The summed E-state index contributed by atoms with van der Waals surface area (Å²) in [5, 5.41) is 8.41. The maximum absolute atomic E-state index is 12.2. The van der Waals surface area contributed by atoms with Gasteiger partial charge in [-0.2, -0.15) is 11.8 Å². The number of benzene rings is 2. The topological polar surface area (TPSA) is 70.2 Å². The van der Waals surface area contributed by atoms with E-state index in [1.54, 1.807) is 36.0 Å². The van der Waals surface area contributed by atoms with Crippen LogP contribution in [0.5, 0.6) is 0 Å². The van der Waals surface area contributed by atoms with Gasteiger partial charge in [-0.3, -0.25) is 4.79 Å². The smallest absolute Gasteiger partial charge is 0.319 e. The molecule has 0 heterocycles. The predicted molar refractivity (Wildman–Crippen MR) is 113 cm³/mol. The molecule has 3 N–H and O–H groups in total. The zero-order chi connectivity index (χ0) is 19.6. The number of nitrogens with one attached hydrogen (secondary N) is 3. The third-order valence-corrected chi connectivity index (χ3v) is 4.78. The van der Waals surface area contributed by atoms with Gasteiger partial charge in [0.1, 0.15) is 0 Å². The van der Waals surface area contributed by atoms with Gasteiger partial charge in [-0.15, -0.1) is 0 Å². The Labute approximate surface area is 165 Å². The Kier molecular flexibility index (Phi) is 8.20. The van der Waals surface area contributed by atoms with Crippen molar-refractivity contribution in [3.63, 3.8) is 0 Å². The Morgan fingerprint density at radius 1 is 1.00 bits per heavy atom. The van der Waals surface area contributed by atoms with Crippen LogP contribution in [-0.2, 0) is 5.75 Å². The number of anilines is 1. The van der Waals surface area contributed by atoms with E-state index in [4.69, 9.17) is 0 Å². The van der Waals surface area contributed by atoms with Gasteiger partial charge in [0.25, 0.3) is 5.91 Å². The molecule has 0 saturated carbocycles. The summed E-state index contributed by atoms with van der Waals surface area (Å²) in [5.41, 5.74) is 3.78. The van der Waals surface area contributed by atoms with E-state index in [9.17, 15) is 9.59 Å². The van der Waals surface area contributed by atoms with Gasteiger partial charge in [-0.1, -0.05) is 29.8 Å². The first-order chi connectivity index (χ1) is 12.9. The van der Waals surface area contributed by atoms with Gasteiger partial charge in [-0.05, 0) is 50.6 Å².